The molecule has 0 saturated heterocycles. The maximum Gasteiger partial charge on any atom is 0.132 e. The molecule has 0 saturated carbocycles. The van der Waals surface area contributed by atoms with E-state index in [2.05, 4.69) is 15.2 Å². The van der Waals surface area contributed by atoms with Crippen LogP contribution in [-0.4, -0.2) is 20.4 Å². The Morgan fingerprint density at radius 2 is 2.00 bits per heavy atom. The highest BCUT2D eigenvalue weighted by Crippen LogP contribution is 1.58. The first-order valence-electron chi connectivity index (χ1n) is 1.61. The van der Waals surface area contributed by atoms with E-state index in [0.717, 1.165) is 0 Å². The molecule has 0 bridgehead atoms. The fourth-order valence-electron chi connectivity index (χ4n) is 0.103. The zero-order valence-corrected chi connectivity index (χ0v) is 3.92. The third-order valence-electron chi connectivity index (χ3n) is 0.283. The predicted molar refractivity (Wildman–Crippen MR) is 25.2 cm³/mol. The number of rotatable bonds is 1. The Morgan fingerprint density at radius 1 is 1.33 bits per heavy atom. The normalized spacial score (nSPS) is 11.7. The zero-order valence-electron chi connectivity index (χ0n) is 3.92. The fraction of sp³-hybridized carbons (Fsp3) is 0.667. The van der Waals surface area contributed by atoms with Gasteiger partial charge in [-0.2, -0.15) is 5.11 Å². The van der Waals surface area contributed by atoms with Crippen LogP contribution in [0.4, 0.5) is 0 Å². The quantitative estimate of drug-likeness (QED) is 0.256. The van der Waals surface area contributed by atoms with Crippen LogP contribution in [0.15, 0.2) is 15.2 Å². The molecule has 0 atom stereocenters. The van der Waals surface area contributed by atoms with Gasteiger partial charge in [-0.1, -0.05) is 0 Å². The van der Waals surface area contributed by atoms with Gasteiger partial charge in [-0.15, -0.1) is 5.11 Å². The van der Waals surface area contributed by atoms with Gasteiger partial charge in [0.15, 0.2) is 0 Å². The van der Waals surface area contributed by atoms with Gasteiger partial charge in [-0.05, 0) is 0 Å². The van der Waals surface area contributed by atoms with Gasteiger partial charge in [-0.25, -0.2) is 0 Å². The van der Waals surface area contributed by atoms with E-state index in [4.69, 9.17) is 0 Å². The summed E-state index contributed by atoms with van der Waals surface area (Å²) < 4.78 is 0. The summed E-state index contributed by atoms with van der Waals surface area (Å²) in [5.41, 5.74) is 0. The van der Waals surface area contributed by atoms with Crippen molar-refractivity contribution in [1.29, 1.82) is 0 Å². The molecular formula is C3H7N3. The van der Waals surface area contributed by atoms with Crippen molar-refractivity contribution < 1.29 is 0 Å². The smallest absolute Gasteiger partial charge is 0.132 e. The Hall–Kier alpha value is -0.730. The predicted octanol–water partition coefficient (Wildman–Crippen LogP) is 0.727. The van der Waals surface area contributed by atoms with E-state index in [1.54, 1.807) is 14.1 Å². The highest BCUT2D eigenvalue weighted by molar-refractivity contribution is 5.53. The second-order valence-corrected chi connectivity index (χ2v) is 0.689. The number of aliphatic imine (C=N–C) groups is 1. The number of hydrogen-bond acceptors (Lipinski definition) is 2. The molecule has 0 fully saturated rings. The van der Waals surface area contributed by atoms with Crippen LogP contribution < -0.4 is 0 Å². The van der Waals surface area contributed by atoms with E-state index in [-0.39, 0.29) is 0 Å². The Balaban J connectivity index is 3.07. The first-order chi connectivity index (χ1) is 2.91. The summed E-state index contributed by atoms with van der Waals surface area (Å²) in [6.07, 6.45) is 1.39. The number of hydrogen-bond donors (Lipinski definition) is 0. The van der Waals surface area contributed by atoms with Crippen molar-refractivity contribution >= 4 is 6.34 Å². The van der Waals surface area contributed by atoms with Crippen LogP contribution in [0.3, 0.4) is 0 Å². The highest BCUT2D eigenvalue weighted by Gasteiger charge is 1.49. The fourth-order valence-corrected chi connectivity index (χ4v) is 0.103. The van der Waals surface area contributed by atoms with Gasteiger partial charge in [0.25, 0.3) is 0 Å². The first-order valence-corrected chi connectivity index (χ1v) is 1.61. The standard InChI is InChI=1S/C3H7N3/c1-4-3-6-5-2/h3H,1-2H3/b4-3-,6-5-. The van der Waals surface area contributed by atoms with Crippen molar-refractivity contribution in [1.82, 2.24) is 0 Å². The molecule has 6 heavy (non-hydrogen) atoms. The van der Waals surface area contributed by atoms with Gasteiger partial charge in [0.1, 0.15) is 6.34 Å². The lowest BCUT2D eigenvalue weighted by molar-refractivity contribution is 1.21. The molecule has 0 unspecified atom stereocenters. The minimum atomic E-state index is 1.39. The summed E-state index contributed by atoms with van der Waals surface area (Å²) in [5, 5.41) is 6.82. The van der Waals surface area contributed by atoms with Crippen molar-refractivity contribution in [3.05, 3.63) is 0 Å². The molecule has 0 aromatic carbocycles. The molecule has 0 aliphatic heterocycles. The van der Waals surface area contributed by atoms with Crippen molar-refractivity contribution in [2.24, 2.45) is 15.2 Å². The monoisotopic (exact) mass is 85.1 g/mol. The first kappa shape index (κ1) is 5.27. The lowest BCUT2D eigenvalue weighted by atomic mass is 11.3. The molecular weight excluding hydrogens is 78.1 g/mol. The number of nitrogens with zero attached hydrogens (tertiary/aromatic N) is 3. The minimum absolute atomic E-state index is 1.39. The molecule has 0 amide bonds. The topological polar surface area (TPSA) is 37.1 Å². The average molecular weight is 85.1 g/mol. The van der Waals surface area contributed by atoms with Crippen LogP contribution >= 0.6 is 0 Å². The van der Waals surface area contributed by atoms with Crippen LogP contribution in [-0.2, 0) is 0 Å². The van der Waals surface area contributed by atoms with E-state index in [9.17, 15) is 0 Å². The Morgan fingerprint density at radius 3 is 2.17 bits per heavy atom. The summed E-state index contributed by atoms with van der Waals surface area (Å²) in [4.78, 5) is 3.54. The van der Waals surface area contributed by atoms with E-state index >= 15 is 0 Å². The van der Waals surface area contributed by atoms with Crippen LogP contribution in [0.2, 0.25) is 0 Å². The zero-order chi connectivity index (χ0) is 4.83. The van der Waals surface area contributed by atoms with Crippen molar-refractivity contribution in [2.45, 2.75) is 0 Å². The lowest BCUT2D eigenvalue weighted by Crippen LogP contribution is -1.57. The second kappa shape index (κ2) is 4.27. The molecule has 3 nitrogen and oxygen atoms in total. The number of azo groups is 1. The Labute approximate surface area is 36.8 Å². The maximum atomic E-state index is 3.54. The third kappa shape index (κ3) is 3.27. The molecule has 34 valence electrons. The molecule has 0 rings (SSSR count). The van der Waals surface area contributed by atoms with Crippen LogP contribution in [0.5, 0.6) is 0 Å². The highest BCUT2D eigenvalue weighted by atomic mass is 15.1. The van der Waals surface area contributed by atoms with E-state index in [1.807, 2.05) is 0 Å². The summed E-state index contributed by atoms with van der Waals surface area (Å²) >= 11 is 0. The van der Waals surface area contributed by atoms with Gasteiger partial charge in [0.05, 0.1) is 0 Å². The summed E-state index contributed by atoms with van der Waals surface area (Å²) in [6.45, 7) is 0. The minimum Gasteiger partial charge on any atom is -0.275 e. The molecule has 0 spiro atoms. The Kier molecular flexibility index (Phi) is 3.75. The molecule has 0 aromatic heterocycles. The summed E-state index contributed by atoms with van der Waals surface area (Å²) in [6, 6.07) is 0. The Bertz CT molecular complexity index is 54.4. The summed E-state index contributed by atoms with van der Waals surface area (Å²) in [7, 11) is 3.25. The van der Waals surface area contributed by atoms with Gasteiger partial charge in [0, 0.05) is 14.1 Å². The van der Waals surface area contributed by atoms with Crippen LogP contribution in [0, 0.1) is 0 Å². The van der Waals surface area contributed by atoms with Crippen LogP contribution in [0.25, 0.3) is 0 Å². The summed E-state index contributed by atoms with van der Waals surface area (Å²) in [5.74, 6) is 0. The molecule has 3 heteroatoms. The van der Waals surface area contributed by atoms with E-state index < -0.39 is 0 Å². The molecule has 0 radical (unpaired) electrons. The molecule has 0 heterocycles. The van der Waals surface area contributed by atoms with Crippen molar-refractivity contribution in [2.75, 3.05) is 14.1 Å². The third-order valence-corrected chi connectivity index (χ3v) is 0.283. The molecule has 0 aliphatic carbocycles. The van der Waals surface area contributed by atoms with Gasteiger partial charge < -0.3 is 0 Å². The van der Waals surface area contributed by atoms with Crippen LogP contribution in [0.1, 0.15) is 0 Å². The van der Waals surface area contributed by atoms with Crippen molar-refractivity contribution in [3.63, 3.8) is 0 Å². The van der Waals surface area contributed by atoms with E-state index in [0.29, 0.717) is 0 Å². The molecule has 0 aliphatic rings. The average Bonchev–Trinajstić information content (AvgIpc) is 1.61. The van der Waals surface area contributed by atoms with Gasteiger partial charge in [-0.3, -0.25) is 4.99 Å². The van der Waals surface area contributed by atoms with Gasteiger partial charge >= 0.3 is 0 Å². The second-order valence-electron chi connectivity index (χ2n) is 0.689. The maximum absolute atomic E-state index is 3.54. The SMILES string of the molecule is C/N=C\N=N/C. The lowest BCUT2D eigenvalue weighted by Gasteiger charge is -1.63. The van der Waals surface area contributed by atoms with Crippen molar-refractivity contribution in [3.8, 4) is 0 Å². The largest absolute Gasteiger partial charge is 0.275 e. The molecule has 0 aromatic rings. The molecule has 0 N–H and O–H groups in total. The van der Waals surface area contributed by atoms with Gasteiger partial charge in [0.2, 0.25) is 0 Å². The van der Waals surface area contributed by atoms with E-state index in [1.165, 1.54) is 6.34 Å².